The Labute approximate surface area is 196 Å². The van der Waals surface area contributed by atoms with Gasteiger partial charge in [-0.25, -0.2) is 4.98 Å². The lowest BCUT2D eigenvalue weighted by atomic mass is 9.91. The number of amides is 1. The first-order valence-electron chi connectivity index (χ1n) is 11.2. The van der Waals surface area contributed by atoms with Crippen LogP contribution in [-0.2, 0) is 0 Å². The molecule has 9 heteroatoms. The third-order valence-corrected chi connectivity index (χ3v) is 5.92. The van der Waals surface area contributed by atoms with Crippen LogP contribution in [0.3, 0.4) is 0 Å². The summed E-state index contributed by atoms with van der Waals surface area (Å²) < 4.78 is 41.2. The van der Waals surface area contributed by atoms with E-state index < -0.39 is 18.0 Å². The number of nitrogens with zero attached hydrogens (tertiary/aromatic N) is 2. The number of benzene rings is 2. The predicted molar refractivity (Wildman–Crippen MR) is 126 cm³/mol. The van der Waals surface area contributed by atoms with Crippen LogP contribution in [0, 0.1) is 0 Å². The van der Waals surface area contributed by atoms with E-state index in [4.69, 9.17) is 4.98 Å². The zero-order chi connectivity index (χ0) is 24.3. The molecular weight excluding hydrogens is 445 g/mol. The average Bonchev–Trinajstić information content (AvgIpc) is 2.79. The second-order valence-corrected chi connectivity index (χ2v) is 8.68. The van der Waals surface area contributed by atoms with Gasteiger partial charge in [0.05, 0.1) is 5.52 Å². The average molecular weight is 473 g/mol. The number of carbonyl (C=O) groups excluding carboxylic acids is 1. The minimum atomic E-state index is -4.80. The van der Waals surface area contributed by atoms with Crippen LogP contribution < -0.4 is 20.3 Å². The van der Waals surface area contributed by atoms with Crippen molar-refractivity contribution in [3.05, 3.63) is 60.2 Å². The zero-order valence-corrected chi connectivity index (χ0v) is 19.0. The van der Waals surface area contributed by atoms with Gasteiger partial charge in [0.25, 0.3) is 5.91 Å². The fourth-order valence-electron chi connectivity index (χ4n) is 4.30. The number of pyridine rings is 1. The molecule has 0 atom stereocenters. The van der Waals surface area contributed by atoms with Crippen molar-refractivity contribution in [1.82, 2.24) is 10.3 Å². The van der Waals surface area contributed by atoms with E-state index in [0.29, 0.717) is 0 Å². The summed E-state index contributed by atoms with van der Waals surface area (Å²) >= 11 is 0. The first-order valence-corrected chi connectivity index (χ1v) is 11.2. The fraction of sp³-hybridized carbons (Fsp3) is 0.360. The van der Waals surface area contributed by atoms with Gasteiger partial charge in [-0.2, -0.15) is 0 Å². The molecule has 0 saturated heterocycles. The van der Waals surface area contributed by atoms with E-state index in [2.05, 4.69) is 26.3 Å². The van der Waals surface area contributed by atoms with Gasteiger partial charge in [0, 0.05) is 48.9 Å². The Morgan fingerprint density at radius 1 is 1.00 bits per heavy atom. The topological polar surface area (TPSA) is 66.5 Å². The van der Waals surface area contributed by atoms with Crippen molar-refractivity contribution in [2.24, 2.45) is 0 Å². The maximum absolute atomic E-state index is 12.6. The lowest BCUT2D eigenvalue weighted by Gasteiger charge is -2.30. The number of nitrogens with one attached hydrogen (secondary N) is 2. The summed E-state index contributed by atoms with van der Waals surface area (Å²) in [6.45, 7) is 0. The number of fused-ring (bicyclic) bond motifs is 1. The Hall–Kier alpha value is -3.49. The molecule has 0 unspecified atom stereocenters. The molecule has 0 bridgehead atoms. The van der Waals surface area contributed by atoms with Crippen molar-refractivity contribution in [3.63, 3.8) is 0 Å². The van der Waals surface area contributed by atoms with Crippen LogP contribution in [-0.4, -0.2) is 43.4 Å². The molecule has 4 rings (SSSR count). The number of aromatic nitrogens is 1. The van der Waals surface area contributed by atoms with E-state index in [1.54, 1.807) is 0 Å². The van der Waals surface area contributed by atoms with Crippen LogP contribution in [0.1, 0.15) is 36.0 Å². The third-order valence-electron chi connectivity index (χ3n) is 5.92. The van der Waals surface area contributed by atoms with E-state index in [-0.39, 0.29) is 17.6 Å². The number of rotatable bonds is 6. The maximum atomic E-state index is 12.6. The first kappa shape index (κ1) is 23.7. The second kappa shape index (κ2) is 9.79. The number of hydrogen-bond donors (Lipinski definition) is 2. The smallest absolute Gasteiger partial charge is 0.406 e. The van der Waals surface area contributed by atoms with Crippen molar-refractivity contribution in [2.45, 2.75) is 44.1 Å². The molecular formula is C25H27F3N4O2. The standard InChI is InChI=1S/C25H27F3N4O2/c1-32(2)22-15-23(31-21-9-4-3-8-20(21)22)29-17-10-12-18(13-11-17)30-24(33)16-6-5-7-19(14-16)34-25(26,27)28/h3-9,14-15,17-18H,10-13H2,1-2H3,(H,29,31)(H,30,33). The summed E-state index contributed by atoms with van der Waals surface area (Å²) in [7, 11) is 4.01. The highest BCUT2D eigenvalue weighted by Gasteiger charge is 2.31. The van der Waals surface area contributed by atoms with Crippen LogP contribution in [0.4, 0.5) is 24.7 Å². The van der Waals surface area contributed by atoms with Gasteiger partial charge in [-0.3, -0.25) is 4.79 Å². The van der Waals surface area contributed by atoms with E-state index in [1.807, 2.05) is 38.4 Å². The number of hydrogen-bond acceptors (Lipinski definition) is 5. The van der Waals surface area contributed by atoms with Crippen LogP contribution >= 0.6 is 0 Å². The Morgan fingerprint density at radius 2 is 1.71 bits per heavy atom. The molecule has 34 heavy (non-hydrogen) atoms. The quantitative estimate of drug-likeness (QED) is 0.506. The lowest BCUT2D eigenvalue weighted by molar-refractivity contribution is -0.274. The monoisotopic (exact) mass is 472 g/mol. The van der Waals surface area contributed by atoms with Crippen molar-refractivity contribution >= 4 is 28.3 Å². The van der Waals surface area contributed by atoms with Crippen LogP contribution in [0.15, 0.2) is 54.6 Å². The van der Waals surface area contributed by atoms with E-state index in [1.165, 1.54) is 18.2 Å². The molecule has 2 aromatic carbocycles. The Balaban J connectivity index is 1.34. The molecule has 1 aliphatic rings. The summed E-state index contributed by atoms with van der Waals surface area (Å²) in [5.41, 5.74) is 2.15. The number of carbonyl (C=O) groups is 1. The van der Waals surface area contributed by atoms with Crippen LogP contribution in [0.25, 0.3) is 10.9 Å². The Kier molecular flexibility index (Phi) is 6.81. The zero-order valence-electron chi connectivity index (χ0n) is 19.0. The van der Waals surface area contributed by atoms with E-state index >= 15 is 0 Å². The van der Waals surface area contributed by atoms with Crippen molar-refractivity contribution in [3.8, 4) is 5.75 Å². The minimum absolute atomic E-state index is 0.0420. The predicted octanol–water partition coefficient (Wildman–Crippen LogP) is 5.35. The molecule has 2 N–H and O–H groups in total. The molecule has 1 heterocycles. The number of ether oxygens (including phenoxy) is 1. The highest BCUT2D eigenvalue weighted by Crippen LogP contribution is 2.29. The number of anilines is 2. The molecule has 0 radical (unpaired) electrons. The normalized spacial score (nSPS) is 18.4. The maximum Gasteiger partial charge on any atom is 0.573 e. The van der Waals surface area contributed by atoms with Gasteiger partial charge < -0.3 is 20.3 Å². The van der Waals surface area contributed by atoms with Gasteiger partial charge in [-0.15, -0.1) is 13.2 Å². The van der Waals surface area contributed by atoms with Crippen LogP contribution in [0.2, 0.25) is 0 Å². The van der Waals surface area contributed by atoms with Crippen LogP contribution in [0.5, 0.6) is 5.75 Å². The van der Waals surface area contributed by atoms with Gasteiger partial charge in [-0.05, 0) is 49.9 Å². The molecule has 1 saturated carbocycles. The lowest BCUT2D eigenvalue weighted by Crippen LogP contribution is -2.40. The number of alkyl halides is 3. The van der Waals surface area contributed by atoms with Crippen molar-refractivity contribution in [2.75, 3.05) is 24.3 Å². The van der Waals surface area contributed by atoms with Gasteiger partial charge >= 0.3 is 6.36 Å². The highest BCUT2D eigenvalue weighted by molar-refractivity contribution is 5.95. The van der Waals surface area contributed by atoms with Gasteiger partial charge in [0.1, 0.15) is 11.6 Å². The van der Waals surface area contributed by atoms with E-state index in [0.717, 1.165) is 54.2 Å². The summed E-state index contributed by atoms with van der Waals surface area (Å²) in [5, 5.41) is 7.55. The Morgan fingerprint density at radius 3 is 2.41 bits per heavy atom. The van der Waals surface area contributed by atoms with Crippen molar-refractivity contribution < 1.29 is 22.7 Å². The molecule has 0 aliphatic heterocycles. The molecule has 1 aromatic heterocycles. The number of para-hydroxylation sites is 1. The fourth-order valence-corrected chi connectivity index (χ4v) is 4.30. The molecule has 1 aliphatic carbocycles. The largest absolute Gasteiger partial charge is 0.573 e. The highest BCUT2D eigenvalue weighted by atomic mass is 19.4. The summed E-state index contributed by atoms with van der Waals surface area (Å²) in [4.78, 5) is 19.4. The third kappa shape index (κ3) is 5.89. The summed E-state index contributed by atoms with van der Waals surface area (Å²) in [6.07, 6.45) is -1.60. The summed E-state index contributed by atoms with van der Waals surface area (Å²) in [5.74, 6) is 0.000237. The van der Waals surface area contributed by atoms with Gasteiger partial charge in [0.2, 0.25) is 0 Å². The first-order chi connectivity index (χ1) is 16.2. The molecule has 0 spiro atoms. The van der Waals surface area contributed by atoms with Gasteiger partial charge in [0.15, 0.2) is 0 Å². The Bertz CT molecular complexity index is 1160. The molecule has 1 fully saturated rings. The summed E-state index contributed by atoms with van der Waals surface area (Å²) in [6, 6.07) is 15.4. The molecule has 3 aromatic rings. The second-order valence-electron chi connectivity index (χ2n) is 8.68. The minimum Gasteiger partial charge on any atom is -0.406 e. The van der Waals surface area contributed by atoms with E-state index in [9.17, 15) is 18.0 Å². The molecule has 180 valence electrons. The van der Waals surface area contributed by atoms with Gasteiger partial charge in [-0.1, -0.05) is 24.3 Å². The molecule has 6 nitrogen and oxygen atoms in total. The molecule has 1 amide bonds. The SMILES string of the molecule is CN(C)c1cc(NC2CCC(NC(=O)c3cccc(OC(F)(F)F)c3)CC2)nc2ccccc12. The van der Waals surface area contributed by atoms with Crippen molar-refractivity contribution in [1.29, 1.82) is 0 Å². The number of halogens is 3.